The lowest BCUT2D eigenvalue weighted by Gasteiger charge is -2.23. The average Bonchev–Trinajstić information content (AvgIpc) is 3.06. The number of ether oxygens (including phenoxy) is 2. The second-order valence-corrected chi connectivity index (χ2v) is 5.14. The maximum Gasteiger partial charge on any atom is 0.326 e. The van der Waals surface area contributed by atoms with Gasteiger partial charge in [-0.05, 0) is 25.1 Å². The van der Waals surface area contributed by atoms with Crippen LogP contribution in [-0.4, -0.2) is 30.1 Å². The van der Waals surface area contributed by atoms with Gasteiger partial charge in [-0.1, -0.05) is 0 Å². The summed E-state index contributed by atoms with van der Waals surface area (Å²) in [5, 5.41) is 15.5. The van der Waals surface area contributed by atoms with Gasteiger partial charge in [0.05, 0.1) is 23.7 Å². The number of carbonyl (C=O) groups excluding carboxylic acids is 2. The zero-order chi connectivity index (χ0) is 16.6. The van der Waals surface area contributed by atoms with Crippen LogP contribution in [0.5, 0.6) is 0 Å². The number of urea groups is 1. The van der Waals surface area contributed by atoms with Gasteiger partial charge >= 0.3 is 6.03 Å². The Bertz CT molecular complexity index is 736. The van der Waals surface area contributed by atoms with E-state index in [1.165, 1.54) is 18.2 Å². The van der Waals surface area contributed by atoms with E-state index >= 15 is 0 Å². The van der Waals surface area contributed by atoms with Gasteiger partial charge in [0.2, 0.25) is 0 Å². The molecule has 2 aliphatic rings. The van der Waals surface area contributed by atoms with Crippen LogP contribution >= 0.6 is 0 Å². The molecule has 2 N–H and O–H groups in total. The van der Waals surface area contributed by atoms with Gasteiger partial charge in [0.25, 0.3) is 11.6 Å². The maximum atomic E-state index is 11.6. The van der Waals surface area contributed by atoms with Gasteiger partial charge in [0, 0.05) is 11.6 Å². The normalized spacial score (nSPS) is 21.3. The Balaban J connectivity index is 2.06. The Morgan fingerprint density at radius 1 is 1.26 bits per heavy atom. The highest BCUT2D eigenvalue weighted by Crippen LogP contribution is 2.34. The number of rotatable bonds is 3. The molecule has 2 saturated heterocycles. The van der Waals surface area contributed by atoms with Crippen molar-refractivity contribution in [3.05, 3.63) is 45.1 Å². The van der Waals surface area contributed by atoms with Crippen LogP contribution in [0.2, 0.25) is 0 Å². The molecule has 3 rings (SSSR count). The summed E-state index contributed by atoms with van der Waals surface area (Å²) < 4.78 is 11.1. The number of imide groups is 1. The molecule has 2 heterocycles. The van der Waals surface area contributed by atoms with E-state index in [9.17, 15) is 19.7 Å². The van der Waals surface area contributed by atoms with Crippen molar-refractivity contribution in [1.29, 1.82) is 0 Å². The van der Waals surface area contributed by atoms with Crippen molar-refractivity contribution in [3.63, 3.8) is 0 Å². The van der Waals surface area contributed by atoms with Gasteiger partial charge in [-0.15, -0.1) is 0 Å². The molecule has 0 radical (unpaired) electrons. The standard InChI is InChI=1S/C14H13N3O6/c1-14(22-4-5-23-14)9-2-3-11(17(20)21)8(6-9)7-10-12(18)16-13(19)15-10/h2-3,6-7H,4-5H2,1H3,(H2,15,16,18,19). The largest absolute Gasteiger partial charge is 0.344 e. The molecule has 1 aromatic carbocycles. The quantitative estimate of drug-likeness (QED) is 0.371. The van der Waals surface area contributed by atoms with E-state index in [1.807, 2.05) is 5.32 Å². The summed E-state index contributed by atoms with van der Waals surface area (Å²) in [6, 6.07) is 3.69. The molecule has 0 bridgehead atoms. The van der Waals surface area contributed by atoms with Gasteiger partial charge < -0.3 is 14.8 Å². The Morgan fingerprint density at radius 2 is 1.96 bits per heavy atom. The minimum Gasteiger partial charge on any atom is -0.344 e. The molecule has 23 heavy (non-hydrogen) atoms. The van der Waals surface area contributed by atoms with E-state index in [0.29, 0.717) is 18.8 Å². The third kappa shape index (κ3) is 2.79. The van der Waals surface area contributed by atoms with Crippen LogP contribution in [0.3, 0.4) is 0 Å². The van der Waals surface area contributed by atoms with Gasteiger partial charge in [-0.25, -0.2) is 4.79 Å². The van der Waals surface area contributed by atoms with Crippen LogP contribution in [0.4, 0.5) is 10.5 Å². The maximum absolute atomic E-state index is 11.6. The van der Waals surface area contributed by atoms with Crippen LogP contribution in [0.1, 0.15) is 18.1 Å². The zero-order valence-corrected chi connectivity index (χ0v) is 12.1. The van der Waals surface area contributed by atoms with E-state index in [2.05, 4.69) is 5.32 Å². The van der Waals surface area contributed by atoms with E-state index in [0.717, 1.165) is 0 Å². The summed E-state index contributed by atoms with van der Waals surface area (Å²) in [5.41, 5.74) is 0.489. The highest BCUT2D eigenvalue weighted by atomic mass is 16.7. The van der Waals surface area contributed by atoms with E-state index in [1.54, 1.807) is 13.0 Å². The first-order chi connectivity index (χ1) is 10.9. The van der Waals surface area contributed by atoms with Gasteiger partial charge in [0.15, 0.2) is 5.79 Å². The number of benzene rings is 1. The van der Waals surface area contributed by atoms with Crippen LogP contribution in [0.25, 0.3) is 6.08 Å². The first-order valence-corrected chi connectivity index (χ1v) is 6.80. The Kier molecular flexibility index (Phi) is 3.58. The molecule has 0 aromatic heterocycles. The molecule has 0 saturated carbocycles. The molecule has 3 amide bonds. The molecule has 2 fully saturated rings. The molecule has 120 valence electrons. The van der Waals surface area contributed by atoms with Crippen molar-refractivity contribution in [2.24, 2.45) is 0 Å². The lowest BCUT2D eigenvalue weighted by atomic mass is 10.0. The lowest BCUT2D eigenvalue weighted by Crippen LogP contribution is -2.22. The summed E-state index contributed by atoms with van der Waals surface area (Å²) in [6.45, 7) is 2.55. The summed E-state index contributed by atoms with van der Waals surface area (Å²) in [6.07, 6.45) is 1.25. The smallest absolute Gasteiger partial charge is 0.326 e. The Labute approximate surface area is 130 Å². The fourth-order valence-corrected chi connectivity index (χ4v) is 2.44. The van der Waals surface area contributed by atoms with E-state index in [-0.39, 0.29) is 16.9 Å². The number of nitro groups is 1. The molecule has 0 atom stereocenters. The molecule has 9 heteroatoms. The molecule has 0 spiro atoms. The number of nitrogens with one attached hydrogen (secondary N) is 2. The van der Waals surface area contributed by atoms with E-state index < -0.39 is 22.6 Å². The van der Waals surface area contributed by atoms with Crippen molar-refractivity contribution in [2.75, 3.05) is 13.2 Å². The summed E-state index contributed by atoms with van der Waals surface area (Å²) in [7, 11) is 0. The third-order valence-corrected chi connectivity index (χ3v) is 3.61. The van der Waals surface area contributed by atoms with Gasteiger partial charge in [0.1, 0.15) is 5.70 Å². The van der Waals surface area contributed by atoms with Crippen molar-refractivity contribution in [2.45, 2.75) is 12.7 Å². The molecule has 0 aliphatic carbocycles. The summed E-state index contributed by atoms with van der Waals surface area (Å²) in [5.74, 6) is -1.64. The number of amides is 3. The topological polar surface area (TPSA) is 120 Å². The number of hydrogen-bond acceptors (Lipinski definition) is 6. The van der Waals surface area contributed by atoms with Crippen molar-refractivity contribution >= 4 is 23.7 Å². The Hall–Kier alpha value is -2.78. The number of nitro benzene ring substituents is 1. The minimum absolute atomic E-state index is 0.0614. The fraction of sp³-hybridized carbons (Fsp3) is 0.286. The monoisotopic (exact) mass is 319 g/mol. The minimum atomic E-state index is -0.996. The molecular weight excluding hydrogens is 306 g/mol. The van der Waals surface area contributed by atoms with Crippen molar-refractivity contribution < 1.29 is 24.0 Å². The SMILES string of the molecule is CC1(c2ccc([N+](=O)[O-])c(C=C3NC(=O)NC3=O)c2)OCCO1. The summed E-state index contributed by atoms with van der Waals surface area (Å²) >= 11 is 0. The van der Waals surface area contributed by atoms with Crippen molar-refractivity contribution in [3.8, 4) is 0 Å². The third-order valence-electron chi connectivity index (χ3n) is 3.61. The zero-order valence-electron chi connectivity index (χ0n) is 12.1. The molecule has 0 unspecified atom stereocenters. The molecule has 2 aliphatic heterocycles. The van der Waals surface area contributed by atoms with Crippen LogP contribution in [-0.2, 0) is 20.1 Å². The van der Waals surface area contributed by atoms with Crippen molar-refractivity contribution in [1.82, 2.24) is 10.6 Å². The van der Waals surface area contributed by atoms with E-state index in [4.69, 9.17) is 9.47 Å². The van der Waals surface area contributed by atoms with Gasteiger partial charge in [-0.3, -0.25) is 20.2 Å². The second kappa shape index (κ2) is 5.45. The van der Waals surface area contributed by atoms with Gasteiger partial charge in [-0.2, -0.15) is 0 Å². The number of hydrogen-bond donors (Lipinski definition) is 2. The van der Waals surface area contributed by atoms with Crippen LogP contribution in [0.15, 0.2) is 23.9 Å². The first-order valence-electron chi connectivity index (χ1n) is 6.80. The average molecular weight is 319 g/mol. The molecule has 9 nitrogen and oxygen atoms in total. The highest BCUT2D eigenvalue weighted by molar-refractivity contribution is 6.14. The fourth-order valence-electron chi connectivity index (χ4n) is 2.44. The molecular formula is C14H13N3O6. The predicted molar refractivity (Wildman–Crippen MR) is 77.0 cm³/mol. The van der Waals surface area contributed by atoms with Crippen LogP contribution in [0, 0.1) is 10.1 Å². The Morgan fingerprint density at radius 3 is 2.52 bits per heavy atom. The number of nitrogens with zero attached hydrogens (tertiary/aromatic N) is 1. The second-order valence-electron chi connectivity index (χ2n) is 5.14. The highest BCUT2D eigenvalue weighted by Gasteiger charge is 2.34. The predicted octanol–water partition coefficient (Wildman–Crippen LogP) is 0.995. The first kappa shape index (κ1) is 15.1. The van der Waals surface area contributed by atoms with Crippen LogP contribution < -0.4 is 10.6 Å². The number of carbonyl (C=O) groups is 2. The lowest BCUT2D eigenvalue weighted by molar-refractivity contribution is -0.385. The summed E-state index contributed by atoms with van der Waals surface area (Å²) in [4.78, 5) is 33.3. The molecule has 1 aromatic rings.